The van der Waals surface area contributed by atoms with E-state index >= 15 is 0 Å². The first-order chi connectivity index (χ1) is 8.97. The lowest BCUT2D eigenvalue weighted by molar-refractivity contribution is 0.476. The van der Waals surface area contributed by atoms with E-state index in [1.807, 2.05) is 0 Å². The highest BCUT2D eigenvalue weighted by Gasteiger charge is 2.07. The van der Waals surface area contributed by atoms with Crippen molar-refractivity contribution in [2.45, 2.75) is 0 Å². The smallest absolute Gasteiger partial charge is 0.141 e. The van der Waals surface area contributed by atoms with Crippen LogP contribution in [0.1, 0.15) is 5.56 Å². The first-order valence-electron chi connectivity index (χ1n) is 5.24. The zero-order valence-corrected chi connectivity index (χ0v) is 11.9. The number of hydrogen-bond donors (Lipinski definition) is 2. The van der Waals surface area contributed by atoms with E-state index in [1.165, 1.54) is 12.1 Å². The van der Waals surface area contributed by atoms with Crippen LogP contribution in [0.15, 0.2) is 40.9 Å². The Morgan fingerprint density at radius 1 is 1.21 bits per heavy atom. The highest BCUT2D eigenvalue weighted by atomic mass is 79.9. The van der Waals surface area contributed by atoms with E-state index in [1.54, 1.807) is 24.3 Å². The predicted molar refractivity (Wildman–Crippen MR) is 76.6 cm³/mol. The van der Waals surface area contributed by atoms with Gasteiger partial charge in [-0.2, -0.15) is 0 Å². The largest absolute Gasteiger partial charge is 0.457 e. The van der Waals surface area contributed by atoms with Gasteiger partial charge < -0.3 is 10.5 Å². The number of nitrogen functional groups attached to an aromatic ring is 1. The van der Waals surface area contributed by atoms with Gasteiger partial charge in [0.05, 0.1) is 9.50 Å². The van der Waals surface area contributed by atoms with Crippen molar-refractivity contribution < 1.29 is 9.13 Å². The molecule has 0 saturated heterocycles. The summed E-state index contributed by atoms with van der Waals surface area (Å²) in [5.41, 5.74) is 5.78. The van der Waals surface area contributed by atoms with Crippen LogP contribution in [0.5, 0.6) is 11.5 Å². The Labute approximate surface area is 122 Å². The third kappa shape index (κ3) is 3.24. The second-order valence-corrected chi connectivity index (χ2v) is 4.99. The summed E-state index contributed by atoms with van der Waals surface area (Å²) in [5.74, 6) is 0.263. The van der Waals surface area contributed by atoms with Crippen molar-refractivity contribution in [2.75, 3.05) is 0 Å². The standard InChI is InChI=1S/C13H9BrClFN2O/c14-10-4-2-8(6-12(10)16)19-7-1-3-9(13(17)18)11(15)5-7/h1-6H,(H3,17,18). The highest BCUT2D eigenvalue weighted by molar-refractivity contribution is 9.10. The molecule has 0 heterocycles. The lowest BCUT2D eigenvalue weighted by Gasteiger charge is -2.08. The maximum Gasteiger partial charge on any atom is 0.141 e. The van der Waals surface area contributed by atoms with E-state index in [0.717, 1.165) is 0 Å². The summed E-state index contributed by atoms with van der Waals surface area (Å²) in [6.45, 7) is 0. The Hall–Kier alpha value is -1.59. The van der Waals surface area contributed by atoms with Crippen LogP contribution in [0.4, 0.5) is 4.39 Å². The quantitative estimate of drug-likeness (QED) is 0.644. The maximum absolute atomic E-state index is 13.3. The minimum atomic E-state index is -0.413. The molecule has 0 radical (unpaired) electrons. The molecule has 19 heavy (non-hydrogen) atoms. The van der Waals surface area contributed by atoms with Crippen LogP contribution in [0.3, 0.4) is 0 Å². The Balaban J connectivity index is 2.26. The number of rotatable bonds is 3. The molecule has 0 aromatic heterocycles. The van der Waals surface area contributed by atoms with Crippen LogP contribution >= 0.6 is 27.5 Å². The fourth-order valence-electron chi connectivity index (χ4n) is 1.45. The van der Waals surface area contributed by atoms with E-state index < -0.39 is 5.82 Å². The third-order valence-electron chi connectivity index (χ3n) is 2.36. The normalized spacial score (nSPS) is 10.3. The fourth-order valence-corrected chi connectivity index (χ4v) is 1.97. The Kier molecular flexibility index (Phi) is 4.07. The molecule has 0 aliphatic rings. The lowest BCUT2D eigenvalue weighted by atomic mass is 10.2. The average molecular weight is 344 g/mol. The van der Waals surface area contributed by atoms with Gasteiger partial charge in [-0.05, 0) is 40.2 Å². The number of halogens is 3. The molecule has 0 aliphatic carbocycles. The van der Waals surface area contributed by atoms with E-state index in [2.05, 4.69) is 15.9 Å². The zero-order valence-electron chi connectivity index (χ0n) is 9.58. The summed E-state index contributed by atoms with van der Waals surface area (Å²) in [5, 5.41) is 7.63. The van der Waals surface area contributed by atoms with Gasteiger partial charge in [-0.1, -0.05) is 11.6 Å². The second kappa shape index (κ2) is 5.59. The van der Waals surface area contributed by atoms with E-state index in [-0.39, 0.29) is 5.84 Å². The van der Waals surface area contributed by atoms with Gasteiger partial charge in [0.25, 0.3) is 0 Å². The Morgan fingerprint density at radius 2 is 1.84 bits per heavy atom. The molecule has 0 amide bonds. The predicted octanol–water partition coefficient (Wildman–Crippen LogP) is 4.32. The van der Waals surface area contributed by atoms with Gasteiger partial charge in [0, 0.05) is 17.7 Å². The monoisotopic (exact) mass is 342 g/mol. The van der Waals surface area contributed by atoms with Crippen molar-refractivity contribution in [3.05, 3.63) is 57.3 Å². The highest BCUT2D eigenvalue weighted by Crippen LogP contribution is 2.28. The molecule has 3 N–H and O–H groups in total. The number of ether oxygens (including phenoxy) is 1. The van der Waals surface area contributed by atoms with Gasteiger partial charge >= 0.3 is 0 Å². The molecular formula is C13H9BrClFN2O. The van der Waals surface area contributed by atoms with Crippen molar-refractivity contribution in [3.63, 3.8) is 0 Å². The first kappa shape index (κ1) is 13.8. The van der Waals surface area contributed by atoms with Gasteiger partial charge in [0.2, 0.25) is 0 Å². The summed E-state index contributed by atoms with van der Waals surface area (Å²) in [4.78, 5) is 0. The van der Waals surface area contributed by atoms with Crippen molar-refractivity contribution in [3.8, 4) is 11.5 Å². The number of nitrogens with two attached hydrogens (primary N) is 1. The lowest BCUT2D eigenvalue weighted by Crippen LogP contribution is -2.11. The van der Waals surface area contributed by atoms with Crippen molar-refractivity contribution in [2.24, 2.45) is 5.73 Å². The third-order valence-corrected chi connectivity index (χ3v) is 3.31. The van der Waals surface area contributed by atoms with E-state index in [0.29, 0.717) is 26.6 Å². The molecule has 0 unspecified atom stereocenters. The van der Waals surface area contributed by atoms with Crippen LogP contribution in [0, 0.1) is 11.2 Å². The van der Waals surface area contributed by atoms with Gasteiger partial charge in [0.15, 0.2) is 0 Å². The minimum Gasteiger partial charge on any atom is -0.457 e. The molecule has 0 saturated carbocycles. The van der Waals surface area contributed by atoms with Gasteiger partial charge in [-0.3, -0.25) is 5.41 Å². The van der Waals surface area contributed by atoms with Crippen LogP contribution in [0.25, 0.3) is 0 Å². The summed E-state index contributed by atoms with van der Waals surface area (Å²) in [6, 6.07) is 9.16. The molecule has 2 aromatic rings. The number of amidine groups is 1. The molecule has 3 nitrogen and oxygen atoms in total. The molecule has 0 spiro atoms. The van der Waals surface area contributed by atoms with Crippen LogP contribution in [-0.4, -0.2) is 5.84 Å². The summed E-state index contributed by atoms with van der Waals surface area (Å²) >= 11 is 9.03. The number of hydrogen-bond acceptors (Lipinski definition) is 2. The Bertz CT molecular complexity index is 649. The molecule has 0 aliphatic heterocycles. The van der Waals surface area contributed by atoms with Crippen molar-refractivity contribution >= 4 is 33.4 Å². The minimum absolute atomic E-state index is 0.119. The molecule has 2 rings (SSSR count). The second-order valence-electron chi connectivity index (χ2n) is 3.73. The topological polar surface area (TPSA) is 59.1 Å². The fraction of sp³-hybridized carbons (Fsp3) is 0. The number of nitrogens with one attached hydrogen (secondary N) is 1. The molecule has 0 fully saturated rings. The van der Waals surface area contributed by atoms with E-state index in [9.17, 15) is 4.39 Å². The molecule has 0 atom stereocenters. The summed E-state index contributed by atoms with van der Waals surface area (Å²) < 4.78 is 19.2. The van der Waals surface area contributed by atoms with Gasteiger partial charge in [-0.15, -0.1) is 0 Å². The molecule has 6 heteroatoms. The first-order valence-corrected chi connectivity index (χ1v) is 6.41. The van der Waals surface area contributed by atoms with Crippen LogP contribution in [-0.2, 0) is 0 Å². The summed E-state index contributed by atoms with van der Waals surface area (Å²) in [6.07, 6.45) is 0. The van der Waals surface area contributed by atoms with E-state index in [4.69, 9.17) is 27.5 Å². The van der Waals surface area contributed by atoms with Crippen LogP contribution < -0.4 is 10.5 Å². The molecule has 0 bridgehead atoms. The SMILES string of the molecule is N=C(N)c1ccc(Oc2ccc(Br)c(F)c2)cc1Cl. The molecule has 98 valence electrons. The summed E-state index contributed by atoms with van der Waals surface area (Å²) in [7, 11) is 0. The van der Waals surface area contributed by atoms with Crippen molar-refractivity contribution in [1.29, 1.82) is 5.41 Å². The maximum atomic E-state index is 13.3. The molecule has 2 aromatic carbocycles. The zero-order chi connectivity index (χ0) is 14.0. The molecular weight excluding hydrogens is 335 g/mol. The van der Waals surface area contributed by atoms with Crippen molar-refractivity contribution in [1.82, 2.24) is 0 Å². The van der Waals surface area contributed by atoms with Crippen LogP contribution in [0.2, 0.25) is 5.02 Å². The van der Waals surface area contributed by atoms with Gasteiger partial charge in [-0.25, -0.2) is 4.39 Å². The number of benzene rings is 2. The Morgan fingerprint density at radius 3 is 2.42 bits per heavy atom. The van der Waals surface area contributed by atoms with Gasteiger partial charge in [0.1, 0.15) is 23.2 Å². The average Bonchev–Trinajstić information content (AvgIpc) is 2.33.